The van der Waals surface area contributed by atoms with Crippen LogP contribution in [0, 0.1) is 13.8 Å². The maximum Gasteiger partial charge on any atom is 0.141 e. The molecule has 0 aliphatic heterocycles. The minimum atomic E-state index is 0.294. The number of hydrogen-bond acceptors (Lipinski definition) is 4. The number of rotatable bonds is 4. The van der Waals surface area contributed by atoms with E-state index in [1.807, 2.05) is 14.1 Å². The number of aromatic nitrogens is 2. The molecule has 0 fully saturated rings. The van der Waals surface area contributed by atoms with Crippen LogP contribution in [-0.2, 0) is 0 Å². The van der Waals surface area contributed by atoms with Gasteiger partial charge in [-0.25, -0.2) is 9.97 Å². The van der Waals surface area contributed by atoms with Crippen LogP contribution in [0.2, 0.25) is 0 Å². The van der Waals surface area contributed by atoms with Crippen molar-refractivity contribution in [1.29, 1.82) is 0 Å². The van der Waals surface area contributed by atoms with Gasteiger partial charge in [0.25, 0.3) is 0 Å². The minimum Gasteiger partial charge on any atom is -0.373 e. The fraction of sp³-hybridized carbons (Fsp3) is 0.412. The highest BCUT2D eigenvalue weighted by molar-refractivity contribution is 5.67. The lowest BCUT2D eigenvalue weighted by atomic mass is 10.1. The fourth-order valence-electron chi connectivity index (χ4n) is 2.24. The number of benzene rings is 1. The van der Waals surface area contributed by atoms with Gasteiger partial charge in [-0.05, 0) is 26.0 Å². The number of aryl methyl sites for hydroxylation is 1. The van der Waals surface area contributed by atoms with E-state index in [1.54, 1.807) is 0 Å². The van der Waals surface area contributed by atoms with E-state index in [2.05, 4.69) is 67.2 Å². The Balaban J connectivity index is 2.50. The van der Waals surface area contributed by atoms with Crippen molar-refractivity contribution < 1.29 is 0 Å². The zero-order chi connectivity index (χ0) is 15.6. The molecular formula is C17H24N4. The van der Waals surface area contributed by atoms with Gasteiger partial charge in [-0.2, -0.15) is 0 Å². The normalized spacial score (nSPS) is 10.8. The maximum atomic E-state index is 4.75. The SMILES string of the molecule is CNc1nc(C(C)C)nc(N(C)c2ccc(C)cc2)c1C. The van der Waals surface area contributed by atoms with Crippen LogP contribution in [0.3, 0.4) is 0 Å². The van der Waals surface area contributed by atoms with Crippen molar-refractivity contribution in [2.45, 2.75) is 33.6 Å². The van der Waals surface area contributed by atoms with Crippen molar-refractivity contribution in [2.75, 3.05) is 24.3 Å². The third kappa shape index (κ3) is 3.15. The second kappa shape index (κ2) is 6.12. The van der Waals surface area contributed by atoms with Gasteiger partial charge < -0.3 is 10.2 Å². The van der Waals surface area contributed by atoms with Crippen molar-refractivity contribution in [2.24, 2.45) is 0 Å². The molecule has 4 heteroatoms. The van der Waals surface area contributed by atoms with Gasteiger partial charge in [-0.15, -0.1) is 0 Å². The Bertz CT molecular complexity index is 617. The van der Waals surface area contributed by atoms with E-state index >= 15 is 0 Å². The molecule has 0 atom stereocenters. The van der Waals surface area contributed by atoms with Crippen LogP contribution in [0.25, 0.3) is 0 Å². The van der Waals surface area contributed by atoms with Gasteiger partial charge in [0.2, 0.25) is 0 Å². The molecule has 0 radical (unpaired) electrons. The summed E-state index contributed by atoms with van der Waals surface area (Å²) in [5.41, 5.74) is 3.44. The predicted octanol–water partition coefficient (Wildman–Crippen LogP) is 4.03. The zero-order valence-electron chi connectivity index (χ0n) is 13.7. The van der Waals surface area contributed by atoms with Crippen LogP contribution in [0.15, 0.2) is 24.3 Å². The fourth-order valence-corrected chi connectivity index (χ4v) is 2.24. The lowest BCUT2D eigenvalue weighted by Gasteiger charge is -2.23. The summed E-state index contributed by atoms with van der Waals surface area (Å²) in [6, 6.07) is 8.46. The lowest BCUT2D eigenvalue weighted by Crippen LogP contribution is -2.16. The van der Waals surface area contributed by atoms with Crippen molar-refractivity contribution in [3.05, 3.63) is 41.2 Å². The highest BCUT2D eigenvalue weighted by Crippen LogP contribution is 2.29. The van der Waals surface area contributed by atoms with E-state index in [4.69, 9.17) is 4.98 Å². The second-order valence-electron chi connectivity index (χ2n) is 5.68. The summed E-state index contributed by atoms with van der Waals surface area (Å²) in [4.78, 5) is 11.5. The number of nitrogens with zero attached hydrogens (tertiary/aromatic N) is 3. The highest BCUT2D eigenvalue weighted by Gasteiger charge is 2.16. The van der Waals surface area contributed by atoms with Crippen LogP contribution in [-0.4, -0.2) is 24.1 Å². The summed E-state index contributed by atoms with van der Waals surface area (Å²) in [6.45, 7) is 8.37. The molecule has 21 heavy (non-hydrogen) atoms. The summed E-state index contributed by atoms with van der Waals surface area (Å²) in [5, 5.41) is 3.17. The Morgan fingerprint density at radius 1 is 1.05 bits per heavy atom. The molecule has 0 spiro atoms. The smallest absolute Gasteiger partial charge is 0.141 e. The first-order chi connectivity index (χ1) is 9.93. The molecule has 1 aromatic carbocycles. The highest BCUT2D eigenvalue weighted by atomic mass is 15.2. The molecule has 0 aliphatic rings. The Morgan fingerprint density at radius 2 is 1.67 bits per heavy atom. The van der Waals surface area contributed by atoms with Gasteiger partial charge in [0.05, 0.1) is 0 Å². The number of hydrogen-bond donors (Lipinski definition) is 1. The van der Waals surface area contributed by atoms with Crippen molar-refractivity contribution in [3.8, 4) is 0 Å². The van der Waals surface area contributed by atoms with E-state index in [0.717, 1.165) is 28.7 Å². The zero-order valence-corrected chi connectivity index (χ0v) is 13.7. The van der Waals surface area contributed by atoms with Crippen molar-refractivity contribution in [3.63, 3.8) is 0 Å². The van der Waals surface area contributed by atoms with Gasteiger partial charge in [-0.1, -0.05) is 31.5 Å². The predicted molar refractivity (Wildman–Crippen MR) is 89.6 cm³/mol. The van der Waals surface area contributed by atoms with Crippen LogP contribution in [0.5, 0.6) is 0 Å². The molecule has 0 saturated heterocycles. The molecule has 112 valence electrons. The largest absolute Gasteiger partial charge is 0.373 e. The molecule has 2 aromatic rings. The minimum absolute atomic E-state index is 0.294. The van der Waals surface area contributed by atoms with E-state index in [9.17, 15) is 0 Å². The molecule has 2 rings (SSSR count). The molecule has 1 aromatic heterocycles. The summed E-state index contributed by atoms with van der Waals surface area (Å²) < 4.78 is 0. The summed E-state index contributed by atoms with van der Waals surface area (Å²) in [6.07, 6.45) is 0. The number of anilines is 3. The second-order valence-corrected chi connectivity index (χ2v) is 5.68. The quantitative estimate of drug-likeness (QED) is 0.920. The standard InChI is InChI=1S/C17H24N4/c1-11(2)15-19-16(18-5)13(4)17(20-15)21(6)14-9-7-12(3)8-10-14/h7-11H,1-6H3,(H,18,19,20). The van der Waals surface area contributed by atoms with Gasteiger partial charge >= 0.3 is 0 Å². The Kier molecular flexibility index (Phi) is 4.46. The van der Waals surface area contributed by atoms with Gasteiger partial charge in [0, 0.05) is 31.3 Å². The Morgan fingerprint density at radius 3 is 2.19 bits per heavy atom. The monoisotopic (exact) mass is 284 g/mol. The van der Waals surface area contributed by atoms with Gasteiger partial charge in [-0.3, -0.25) is 0 Å². The number of nitrogens with one attached hydrogen (secondary N) is 1. The topological polar surface area (TPSA) is 41.1 Å². The van der Waals surface area contributed by atoms with Crippen LogP contribution in [0.1, 0.15) is 36.7 Å². The molecule has 1 heterocycles. The molecule has 4 nitrogen and oxygen atoms in total. The first kappa shape index (κ1) is 15.3. The average Bonchev–Trinajstić information content (AvgIpc) is 2.47. The molecule has 0 bridgehead atoms. The van der Waals surface area contributed by atoms with E-state index in [-0.39, 0.29) is 0 Å². The molecular weight excluding hydrogens is 260 g/mol. The van der Waals surface area contributed by atoms with E-state index in [1.165, 1.54) is 5.56 Å². The maximum absolute atomic E-state index is 4.75. The average molecular weight is 284 g/mol. The Labute approximate surface area is 127 Å². The van der Waals surface area contributed by atoms with Crippen LogP contribution < -0.4 is 10.2 Å². The van der Waals surface area contributed by atoms with Gasteiger partial charge in [0.15, 0.2) is 0 Å². The van der Waals surface area contributed by atoms with Crippen molar-refractivity contribution >= 4 is 17.3 Å². The lowest BCUT2D eigenvalue weighted by molar-refractivity contribution is 0.770. The van der Waals surface area contributed by atoms with Crippen LogP contribution in [0.4, 0.5) is 17.3 Å². The molecule has 1 N–H and O–H groups in total. The molecule has 0 unspecified atom stereocenters. The summed E-state index contributed by atoms with van der Waals surface area (Å²) in [7, 11) is 3.94. The molecule has 0 saturated carbocycles. The summed E-state index contributed by atoms with van der Waals surface area (Å²) in [5.74, 6) is 2.99. The van der Waals surface area contributed by atoms with E-state index in [0.29, 0.717) is 5.92 Å². The summed E-state index contributed by atoms with van der Waals surface area (Å²) >= 11 is 0. The van der Waals surface area contributed by atoms with Gasteiger partial charge in [0.1, 0.15) is 17.5 Å². The first-order valence-electron chi connectivity index (χ1n) is 7.30. The third-order valence-corrected chi connectivity index (χ3v) is 3.63. The first-order valence-corrected chi connectivity index (χ1v) is 7.30. The molecule has 0 amide bonds. The Hall–Kier alpha value is -2.10. The molecule has 0 aliphatic carbocycles. The van der Waals surface area contributed by atoms with Crippen molar-refractivity contribution in [1.82, 2.24) is 9.97 Å². The van der Waals surface area contributed by atoms with Crippen LogP contribution >= 0.6 is 0 Å². The third-order valence-electron chi connectivity index (χ3n) is 3.63. The van der Waals surface area contributed by atoms with E-state index < -0.39 is 0 Å².